The van der Waals surface area contributed by atoms with Crippen molar-refractivity contribution in [2.45, 2.75) is 27.2 Å². The number of rotatable bonds is 3. The van der Waals surface area contributed by atoms with E-state index in [9.17, 15) is 4.39 Å². The maximum Gasteiger partial charge on any atom is 0.132 e. The summed E-state index contributed by atoms with van der Waals surface area (Å²) in [6.07, 6.45) is 0.746. The Bertz CT molecular complexity index is 609. The van der Waals surface area contributed by atoms with Crippen LogP contribution >= 0.6 is 0 Å². The maximum atomic E-state index is 13.7. The van der Waals surface area contributed by atoms with Crippen molar-refractivity contribution < 1.29 is 4.39 Å². The smallest absolute Gasteiger partial charge is 0.132 e. The highest BCUT2D eigenvalue weighted by Crippen LogP contribution is 2.29. The number of hydrogen-bond acceptors (Lipinski definition) is 3. The van der Waals surface area contributed by atoms with Gasteiger partial charge in [0.05, 0.1) is 5.69 Å². The molecule has 0 saturated heterocycles. The van der Waals surface area contributed by atoms with Gasteiger partial charge in [-0.15, -0.1) is 0 Å². The highest BCUT2D eigenvalue weighted by molar-refractivity contribution is 5.70. The fourth-order valence-corrected chi connectivity index (χ4v) is 2.09. The van der Waals surface area contributed by atoms with E-state index in [-0.39, 0.29) is 5.82 Å². The number of hydrogen-bond donors (Lipinski definition) is 1. The molecule has 0 unspecified atom stereocenters. The maximum absolute atomic E-state index is 13.7. The fourth-order valence-electron chi connectivity index (χ4n) is 2.09. The zero-order valence-corrected chi connectivity index (χ0v) is 11.7. The van der Waals surface area contributed by atoms with Crippen LogP contribution in [0.2, 0.25) is 0 Å². The van der Waals surface area contributed by atoms with Gasteiger partial charge in [0, 0.05) is 24.6 Å². The van der Waals surface area contributed by atoms with Crippen molar-refractivity contribution in [1.29, 1.82) is 0 Å². The third-order valence-corrected chi connectivity index (χ3v) is 3.27. The zero-order valence-electron chi connectivity index (χ0n) is 11.7. The third kappa shape index (κ3) is 2.43. The molecule has 0 radical (unpaired) electrons. The van der Waals surface area contributed by atoms with Crippen molar-refractivity contribution >= 4 is 5.82 Å². The van der Waals surface area contributed by atoms with Crippen LogP contribution in [0.4, 0.5) is 10.2 Å². The highest BCUT2D eigenvalue weighted by atomic mass is 19.1. The number of aryl methyl sites for hydroxylation is 1. The SMILES string of the molecule is CCc1nc(NC)c(C)c(-c2cccc(F)c2C)n1. The summed E-state index contributed by atoms with van der Waals surface area (Å²) >= 11 is 0. The van der Waals surface area contributed by atoms with Crippen molar-refractivity contribution in [2.24, 2.45) is 0 Å². The Morgan fingerprint density at radius 3 is 2.53 bits per heavy atom. The third-order valence-electron chi connectivity index (χ3n) is 3.27. The van der Waals surface area contributed by atoms with Crippen molar-refractivity contribution in [2.75, 3.05) is 12.4 Å². The quantitative estimate of drug-likeness (QED) is 0.916. The minimum absolute atomic E-state index is 0.209. The molecule has 1 aromatic heterocycles. The van der Waals surface area contributed by atoms with Crippen LogP contribution < -0.4 is 5.32 Å². The molecular formula is C15H18FN3. The van der Waals surface area contributed by atoms with Crippen molar-refractivity contribution in [3.8, 4) is 11.3 Å². The van der Waals surface area contributed by atoms with E-state index in [4.69, 9.17) is 0 Å². The molecule has 0 bridgehead atoms. The average Bonchev–Trinajstić information content (AvgIpc) is 2.42. The lowest BCUT2D eigenvalue weighted by atomic mass is 10.0. The van der Waals surface area contributed by atoms with Gasteiger partial charge < -0.3 is 5.32 Å². The number of nitrogens with one attached hydrogen (secondary N) is 1. The lowest BCUT2D eigenvalue weighted by molar-refractivity contribution is 0.619. The standard InChI is InChI=1S/C15H18FN3/c1-5-13-18-14(10(3)15(17-4)19-13)11-7-6-8-12(16)9(11)2/h6-8H,5H2,1-4H3,(H,17,18,19). The topological polar surface area (TPSA) is 37.8 Å². The predicted octanol–water partition coefficient (Wildman–Crippen LogP) is 3.50. The van der Waals surface area contributed by atoms with E-state index in [1.807, 2.05) is 27.0 Å². The lowest BCUT2D eigenvalue weighted by Gasteiger charge is -2.13. The van der Waals surface area contributed by atoms with E-state index in [1.54, 1.807) is 13.0 Å². The molecule has 0 saturated carbocycles. The molecule has 100 valence electrons. The first-order valence-corrected chi connectivity index (χ1v) is 6.39. The highest BCUT2D eigenvalue weighted by Gasteiger charge is 2.14. The number of halogens is 1. The fraction of sp³-hybridized carbons (Fsp3) is 0.333. The second-order valence-electron chi connectivity index (χ2n) is 4.48. The predicted molar refractivity (Wildman–Crippen MR) is 75.8 cm³/mol. The normalized spacial score (nSPS) is 10.6. The van der Waals surface area contributed by atoms with Crippen LogP contribution in [-0.2, 0) is 6.42 Å². The Labute approximate surface area is 112 Å². The first kappa shape index (κ1) is 13.5. The minimum atomic E-state index is -0.209. The van der Waals surface area contributed by atoms with Crippen molar-refractivity contribution in [3.63, 3.8) is 0 Å². The average molecular weight is 259 g/mol. The molecule has 0 aliphatic carbocycles. The summed E-state index contributed by atoms with van der Waals surface area (Å²) in [5.74, 6) is 1.35. The number of benzene rings is 1. The Morgan fingerprint density at radius 2 is 1.89 bits per heavy atom. The molecule has 2 aromatic rings. The van der Waals surface area contributed by atoms with Crippen LogP contribution in [0.5, 0.6) is 0 Å². The Balaban J connectivity index is 2.70. The molecular weight excluding hydrogens is 241 g/mol. The molecule has 19 heavy (non-hydrogen) atoms. The van der Waals surface area contributed by atoms with Gasteiger partial charge in [-0.3, -0.25) is 0 Å². The zero-order chi connectivity index (χ0) is 14.0. The van der Waals surface area contributed by atoms with Crippen molar-refractivity contribution in [1.82, 2.24) is 9.97 Å². The Hall–Kier alpha value is -1.97. The summed E-state index contributed by atoms with van der Waals surface area (Å²) in [5.41, 5.74) is 3.18. The van der Waals surface area contributed by atoms with Gasteiger partial charge in [0.25, 0.3) is 0 Å². The largest absolute Gasteiger partial charge is 0.373 e. The Kier molecular flexibility index (Phi) is 3.79. The Morgan fingerprint density at radius 1 is 1.16 bits per heavy atom. The summed E-state index contributed by atoms with van der Waals surface area (Å²) in [6, 6.07) is 5.07. The van der Waals surface area contributed by atoms with Gasteiger partial charge in [0.1, 0.15) is 17.5 Å². The van der Waals surface area contributed by atoms with Gasteiger partial charge in [-0.05, 0) is 25.5 Å². The molecule has 3 nitrogen and oxygen atoms in total. The van der Waals surface area contributed by atoms with E-state index in [0.717, 1.165) is 34.9 Å². The van der Waals surface area contributed by atoms with Gasteiger partial charge in [-0.25, -0.2) is 14.4 Å². The monoisotopic (exact) mass is 259 g/mol. The molecule has 0 aliphatic heterocycles. The number of aromatic nitrogens is 2. The summed E-state index contributed by atoms with van der Waals surface area (Å²) in [5, 5.41) is 3.07. The summed E-state index contributed by atoms with van der Waals surface area (Å²) in [7, 11) is 1.83. The van der Waals surface area contributed by atoms with Gasteiger partial charge in [0.2, 0.25) is 0 Å². The van der Waals surface area contributed by atoms with Gasteiger partial charge in [-0.2, -0.15) is 0 Å². The molecule has 2 rings (SSSR count). The molecule has 4 heteroatoms. The van der Waals surface area contributed by atoms with Crippen LogP contribution in [-0.4, -0.2) is 17.0 Å². The summed E-state index contributed by atoms with van der Waals surface area (Å²) in [6.45, 7) is 5.73. The molecule has 0 fully saturated rings. The lowest BCUT2D eigenvalue weighted by Crippen LogP contribution is -2.05. The van der Waals surface area contributed by atoms with E-state index in [0.29, 0.717) is 5.56 Å². The molecule has 0 amide bonds. The molecule has 1 N–H and O–H groups in total. The summed E-state index contributed by atoms with van der Waals surface area (Å²) in [4.78, 5) is 8.99. The van der Waals surface area contributed by atoms with Crippen LogP contribution in [0.1, 0.15) is 23.9 Å². The van der Waals surface area contributed by atoms with Crippen LogP contribution in [0.15, 0.2) is 18.2 Å². The number of nitrogens with zero attached hydrogens (tertiary/aromatic N) is 2. The first-order valence-electron chi connectivity index (χ1n) is 6.39. The minimum Gasteiger partial charge on any atom is -0.373 e. The number of anilines is 1. The van der Waals surface area contributed by atoms with Gasteiger partial charge >= 0.3 is 0 Å². The molecule has 0 atom stereocenters. The van der Waals surface area contributed by atoms with E-state index >= 15 is 0 Å². The van der Waals surface area contributed by atoms with E-state index < -0.39 is 0 Å². The van der Waals surface area contributed by atoms with Crippen LogP contribution in [0.3, 0.4) is 0 Å². The summed E-state index contributed by atoms with van der Waals surface area (Å²) < 4.78 is 13.7. The molecule has 1 heterocycles. The molecule has 0 spiro atoms. The van der Waals surface area contributed by atoms with Crippen LogP contribution in [0, 0.1) is 19.7 Å². The van der Waals surface area contributed by atoms with E-state index in [2.05, 4.69) is 15.3 Å². The molecule has 1 aromatic carbocycles. The molecule has 0 aliphatic rings. The van der Waals surface area contributed by atoms with E-state index in [1.165, 1.54) is 6.07 Å². The first-order chi connectivity index (χ1) is 9.08. The van der Waals surface area contributed by atoms with Crippen LogP contribution in [0.25, 0.3) is 11.3 Å². The second kappa shape index (κ2) is 5.34. The van der Waals surface area contributed by atoms with Crippen molar-refractivity contribution in [3.05, 3.63) is 41.0 Å². The van der Waals surface area contributed by atoms with Gasteiger partial charge in [0.15, 0.2) is 0 Å². The van der Waals surface area contributed by atoms with Gasteiger partial charge in [-0.1, -0.05) is 19.1 Å². The second-order valence-corrected chi connectivity index (χ2v) is 4.48.